The van der Waals surface area contributed by atoms with Crippen molar-refractivity contribution in [3.8, 4) is 5.75 Å². The molecule has 2 aromatic heterocycles. The Bertz CT molecular complexity index is 1390. The average Bonchev–Trinajstić information content (AvgIpc) is 3.18. The van der Waals surface area contributed by atoms with Crippen LogP contribution in [0.4, 0.5) is 0 Å². The second-order valence-electron chi connectivity index (χ2n) is 8.67. The molecule has 1 aromatic carbocycles. The third kappa shape index (κ3) is 5.40. The fourth-order valence-electron chi connectivity index (χ4n) is 4.02. The predicted octanol–water partition coefficient (Wildman–Crippen LogP) is 1.89. The van der Waals surface area contributed by atoms with Gasteiger partial charge in [-0.2, -0.15) is 4.72 Å². The number of nitrogens with one attached hydrogen (secondary N) is 2. The Labute approximate surface area is 206 Å². The van der Waals surface area contributed by atoms with E-state index in [1.165, 1.54) is 49.6 Å². The van der Waals surface area contributed by atoms with Crippen molar-refractivity contribution in [1.82, 2.24) is 14.7 Å². The summed E-state index contributed by atoms with van der Waals surface area (Å²) in [5.41, 5.74) is 0.753. The van der Waals surface area contributed by atoms with Crippen LogP contribution in [0.3, 0.4) is 0 Å². The first-order valence-corrected chi connectivity index (χ1v) is 13.4. The van der Waals surface area contributed by atoms with Gasteiger partial charge in [0.15, 0.2) is 0 Å². The highest BCUT2D eigenvalue weighted by atomic mass is 32.2. The number of hydrogen-bond donors (Lipinski definition) is 3. The summed E-state index contributed by atoms with van der Waals surface area (Å²) >= 11 is 1.47. The normalized spacial score (nSPS) is 17.5. The molecule has 0 radical (unpaired) electrons. The van der Waals surface area contributed by atoms with Crippen LogP contribution in [-0.4, -0.2) is 48.7 Å². The van der Waals surface area contributed by atoms with E-state index in [0.717, 1.165) is 29.7 Å². The van der Waals surface area contributed by atoms with Crippen LogP contribution in [-0.2, 0) is 39.0 Å². The van der Waals surface area contributed by atoms with Gasteiger partial charge in [-0.05, 0) is 61.9 Å². The van der Waals surface area contributed by atoms with E-state index in [2.05, 4.69) is 21.6 Å². The molecule has 0 amide bonds. The molecule has 188 valence electrons. The zero-order valence-electron chi connectivity index (χ0n) is 19.5. The first kappa shape index (κ1) is 25.3. The summed E-state index contributed by atoms with van der Waals surface area (Å²) in [5.74, 6) is 0.160. The summed E-state index contributed by atoms with van der Waals surface area (Å²) < 4.78 is 37.8. The molecule has 1 aliphatic rings. The van der Waals surface area contributed by atoms with Gasteiger partial charge in [0.05, 0.1) is 23.5 Å². The van der Waals surface area contributed by atoms with Crippen LogP contribution in [0.15, 0.2) is 34.0 Å². The number of ether oxygens (including phenoxy) is 2. The smallest absolute Gasteiger partial charge is 0.327 e. The number of nitrogens with zero attached hydrogens (tertiary/aromatic N) is 1. The number of fused-ring (bicyclic) bond motifs is 3. The maximum Gasteiger partial charge on any atom is 0.327 e. The number of H-pyrrole nitrogens is 1. The molecule has 0 fully saturated rings. The van der Waals surface area contributed by atoms with Gasteiger partial charge in [0, 0.05) is 4.88 Å². The third-order valence-corrected chi connectivity index (χ3v) is 8.56. The molecule has 0 spiro atoms. The molecular weight excluding hydrogens is 494 g/mol. The first-order chi connectivity index (χ1) is 16.6. The van der Waals surface area contributed by atoms with Crippen molar-refractivity contribution >= 4 is 37.5 Å². The van der Waals surface area contributed by atoms with Gasteiger partial charge >= 0.3 is 5.97 Å². The van der Waals surface area contributed by atoms with Crippen LogP contribution in [0.5, 0.6) is 5.75 Å². The molecule has 10 nitrogen and oxygen atoms in total. The molecule has 0 unspecified atom stereocenters. The van der Waals surface area contributed by atoms with Gasteiger partial charge in [0.2, 0.25) is 10.0 Å². The lowest BCUT2D eigenvalue weighted by atomic mass is 9.89. The van der Waals surface area contributed by atoms with Crippen LogP contribution < -0.4 is 15.0 Å². The Hall–Kier alpha value is -2.80. The highest BCUT2D eigenvalue weighted by molar-refractivity contribution is 7.89. The standard InChI is InChI=1S/C23H27N3O7S2/c1-12-4-9-16-17(10-12)34-22-19(16)21(28)24-18(25-22)11-33-23(29)20(13(2)27)26-35(30,31)15-7-5-14(32-3)6-8-15/h5-8,12-13,20,26-27H,4,9-11H2,1-3H3,(H,24,25,28)/t12-,13-,20+/m1/s1. The van der Waals surface area contributed by atoms with E-state index in [4.69, 9.17) is 9.47 Å². The minimum absolute atomic E-state index is 0.107. The fourth-order valence-corrected chi connectivity index (χ4v) is 6.68. The first-order valence-electron chi connectivity index (χ1n) is 11.1. The number of aliphatic hydroxyl groups excluding tert-OH is 1. The second kappa shape index (κ2) is 10.1. The molecule has 3 atom stereocenters. The number of aryl methyl sites for hydroxylation is 1. The van der Waals surface area contributed by atoms with Crippen LogP contribution in [0, 0.1) is 5.92 Å². The number of rotatable bonds is 8. The number of sulfonamides is 1. The van der Waals surface area contributed by atoms with Gasteiger partial charge < -0.3 is 19.6 Å². The molecule has 1 aliphatic carbocycles. The zero-order valence-corrected chi connectivity index (χ0v) is 21.2. The van der Waals surface area contributed by atoms with Crippen LogP contribution in [0.25, 0.3) is 10.2 Å². The average molecular weight is 522 g/mol. The Morgan fingerprint density at radius 3 is 2.71 bits per heavy atom. The lowest BCUT2D eigenvalue weighted by Gasteiger charge is -2.20. The number of carbonyl (C=O) groups is 1. The number of aromatic amines is 1. The Balaban J connectivity index is 1.49. The summed E-state index contributed by atoms with van der Waals surface area (Å²) in [4.78, 5) is 34.1. The minimum Gasteiger partial charge on any atom is -0.497 e. The number of methoxy groups -OCH3 is 1. The van der Waals surface area contributed by atoms with E-state index < -0.39 is 28.1 Å². The van der Waals surface area contributed by atoms with Gasteiger partial charge in [-0.3, -0.25) is 9.59 Å². The van der Waals surface area contributed by atoms with Gasteiger partial charge in [-0.1, -0.05) is 6.92 Å². The Kier molecular flexibility index (Phi) is 7.27. The maximum atomic E-state index is 12.7. The molecule has 2 heterocycles. The maximum absolute atomic E-state index is 12.7. The van der Waals surface area contributed by atoms with Crippen LogP contribution in [0.2, 0.25) is 0 Å². The van der Waals surface area contributed by atoms with Gasteiger partial charge in [-0.15, -0.1) is 11.3 Å². The van der Waals surface area contributed by atoms with Crippen molar-refractivity contribution in [2.75, 3.05) is 7.11 Å². The molecule has 3 aromatic rings. The monoisotopic (exact) mass is 521 g/mol. The van der Waals surface area contributed by atoms with E-state index >= 15 is 0 Å². The van der Waals surface area contributed by atoms with Gasteiger partial charge in [0.25, 0.3) is 5.56 Å². The van der Waals surface area contributed by atoms with E-state index in [9.17, 15) is 23.1 Å². The van der Waals surface area contributed by atoms with E-state index in [1.54, 1.807) is 0 Å². The SMILES string of the molecule is COc1ccc(S(=O)(=O)N[C@H](C(=O)OCc2nc3sc4c(c3c(=O)[nH]2)CC[C@@H](C)C4)[C@@H](C)O)cc1. The Morgan fingerprint density at radius 2 is 2.06 bits per heavy atom. The highest BCUT2D eigenvalue weighted by Crippen LogP contribution is 2.35. The third-order valence-electron chi connectivity index (χ3n) is 5.95. The zero-order chi connectivity index (χ0) is 25.3. The number of aromatic nitrogens is 2. The molecule has 0 bridgehead atoms. The summed E-state index contributed by atoms with van der Waals surface area (Å²) in [6.45, 7) is 3.07. The van der Waals surface area contributed by atoms with Crippen molar-refractivity contribution in [2.45, 2.75) is 56.8 Å². The molecule has 0 saturated carbocycles. The number of benzene rings is 1. The second-order valence-corrected chi connectivity index (χ2v) is 11.5. The van der Waals surface area contributed by atoms with Crippen LogP contribution >= 0.6 is 11.3 Å². The number of carbonyl (C=O) groups excluding carboxylic acids is 1. The number of aliphatic hydroxyl groups is 1. The summed E-state index contributed by atoms with van der Waals surface area (Å²) in [6, 6.07) is 4.00. The summed E-state index contributed by atoms with van der Waals surface area (Å²) in [6.07, 6.45) is 1.38. The lowest BCUT2D eigenvalue weighted by Crippen LogP contribution is -2.48. The predicted molar refractivity (Wildman–Crippen MR) is 130 cm³/mol. The van der Waals surface area contributed by atoms with E-state index in [1.807, 2.05) is 0 Å². The van der Waals surface area contributed by atoms with E-state index in [-0.39, 0.29) is 22.9 Å². The Morgan fingerprint density at radius 1 is 1.34 bits per heavy atom. The molecule has 0 saturated heterocycles. The lowest BCUT2D eigenvalue weighted by molar-refractivity contribution is -0.149. The van der Waals surface area contributed by atoms with Crippen molar-refractivity contribution in [3.05, 3.63) is 50.9 Å². The molecule has 0 aliphatic heterocycles. The molecule has 12 heteroatoms. The summed E-state index contributed by atoms with van der Waals surface area (Å²) in [5, 5.41) is 10.6. The van der Waals surface area contributed by atoms with Crippen molar-refractivity contribution in [2.24, 2.45) is 5.92 Å². The number of hydrogen-bond acceptors (Lipinski definition) is 9. The fraction of sp³-hybridized carbons (Fsp3) is 0.435. The molecular formula is C23H27N3O7S2. The quantitative estimate of drug-likeness (QED) is 0.381. The van der Waals surface area contributed by atoms with Gasteiger partial charge in [0.1, 0.15) is 29.1 Å². The van der Waals surface area contributed by atoms with Gasteiger partial charge in [-0.25, -0.2) is 13.4 Å². The minimum atomic E-state index is -4.14. The van der Waals surface area contributed by atoms with E-state index in [0.29, 0.717) is 21.9 Å². The van der Waals surface area contributed by atoms with Crippen molar-refractivity contribution in [1.29, 1.82) is 0 Å². The largest absolute Gasteiger partial charge is 0.497 e. The number of thiophene rings is 1. The van der Waals surface area contributed by atoms with Crippen LogP contribution in [0.1, 0.15) is 36.5 Å². The summed E-state index contributed by atoms with van der Waals surface area (Å²) in [7, 11) is -2.69. The molecule has 3 N–H and O–H groups in total. The topological polar surface area (TPSA) is 148 Å². The van der Waals surface area contributed by atoms with Crippen molar-refractivity contribution in [3.63, 3.8) is 0 Å². The highest BCUT2D eigenvalue weighted by Gasteiger charge is 2.31. The van der Waals surface area contributed by atoms with Crippen molar-refractivity contribution < 1.29 is 27.8 Å². The molecule has 4 rings (SSSR count). The molecule has 35 heavy (non-hydrogen) atoms. The number of esters is 1.